The molecule has 1 aromatic carbocycles. The van der Waals surface area contributed by atoms with E-state index in [0.29, 0.717) is 5.41 Å². The Balaban J connectivity index is 1.98. The van der Waals surface area contributed by atoms with Crippen LogP contribution in [-0.4, -0.2) is 15.3 Å². The van der Waals surface area contributed by atoms with Gasteiger partial charge in [-0.2, -0.15) is 12.6 Å². The Labute approximate surface area is 94.7 Å². The second-order valence-electron chi connectivity index (χ2n) is 4.52. The second kappa shape index (κ2) is 3.27. The van der Waals surface area contributed by atoms with Crippen LogP contribution in [-0.2, 0) is 6.54 Å². The molecule has 1 aliphatic rings. The number of rotatable bonds is 3. The summed E-state index contributed by atoms with van der Waals surface area (Å²) in [5.74, 6) is 0.986. The van der Waals surface area contributed by atoms with Crippen molar-refractivity contribution in [2.45, 2.75) is 19.4 Å². The lowest BCUT2D eigenvalue weighted by Gasteiger charge is -2.12. The van der Waals surface area contributed by atoms with E-state index in [-0.39, 0.29) is 0 Å². The Kier molecular flexibility index (Phi) is 2.02. The number of thiol groups is 1. The number of nitrogens with zero attached hydrogens (tertiary/aromatic N) is 2. The standard InChI is InChI=1S/C12H14N2S/c15-8-12(5-6-12)7-14-9-13-10-3-1-2-4-11(10)14/h1-4,9,15H,5-8H2. The number of imidazole rings is 1. The molecule has 0 unspecified atom stereocenters. The van der Waals surface area contributed by atoms with Gasteiger partial charge in [-0.25, -0.2) is 4.98 Å². The summed E-state index contributed by atoms with van der Waals surface area (Å²) in [4.78, 5) is 4.40. The van der Waals surface area contributed by atoms with Gasteiger partial charge in [-0.1, -0.05) is 12.1 Å². The highest BCUT2D eigenvalue weighted by Crippen LogP contribution is 2.48. The zero-order valence-electron chi connectivity index (χ0n) is 8.56. The molecule has 0 saturated heterocycles. The van der Waals surface area contributed by atoms with Gasteiger partial charge in [-0.15, -0.1) is 0 Å². The molecule has 0 radical (unpaired) electrons. The molecule has 0 bridgehead atoms. The Bertz CT molecular complexity index is 485. The molecule has 2 aromatic rings. The van der Waals surface area contributed by atoms with E-state index >= 15 is 0 Å². The van der Waals surface area contributed by atoms with E-state index in [1.54, 1.807) is 0 Å². The molecule has 1 heterocycles. The van der Waals surface area contributed by atoms with Gasteiger partial charge in [0.15, 0.2) is 0 Å². The van der Waals surface area contributed by atoms with Crippen LogP contribution in [0.1, 0.15) is 12.8 Å². The fourth-order valence-corrected chi connectivity index (χ4v) is 2.46. The fourth-order valence-electron chi connectivity index (χ4n) is 2.04. The van der Waals surface area contributed by atoms with Crippen molar-refractivity contribution in [3.8, 4) is 0 Å². The molecule has 1 aliphatic carbocycles. The number of benzene rings is 1. The summed E-state index contributed by atoms with van der Waals surface area (Å²) in [7, 11) is 0. The topological polar surface area (TPSA) is 17.8 Å². The van der Waals surface area contributed by atoms with Crippen LogP contribution in [0.25, 0.3) is 11.0 Å². The van der Waals surface area contributed by atoms with E-state index in [2.05, 4.69) is 40.4 Å². The summed E-state index contributed by atoms with van der Waals surface area (Å²) in [5, 5.41) is 0. The van der Waals surface area contributed by atoms with Gasteiger partial charge < -0.3 is 4.57 Å². The molecule has 3 rings (SSSR count). The zero-order valence-corrected chi connectivity index (χ0v) is 9.45. The second-order valence-corrected chi connectivity index (χ2v) is 4.84. The number of para-hydroxylation sites is 2. The molecule has 1 fully saturated rings. The maximum absolute atomic E-state index is 4.44. The number of fused-ring (bicyclic) bond motifs is 1. The summed E-state index contributed by atoms with van der Waals surface area (Å²) < 4.78 is 2.26. The first-order valence-corrected chi connectivity index (χ1v) is 5.97. The van der Waals surface area contributed by atoms with Gasteiger partial charge in [0.2, 0.25) is 0 Å². The molecule has 3 heteroatoms. The third-order valence-electron chi connectivity index (χ3n) is 3.33. The molecular weight excluding hydrogens is 204 g/mol. The molecule has 1 saturated carbocycles. The van der Waals surface area contributed by atoms with Crippen molar-refractivity contribution in [1.29, 1.82) is 0 Å². The maximum Gasteiger partial charge on any atom is 0.0958 e. The highest BCUT2D eigenvalue weighted by atomic mass is 32.1. The van der Waals surface area contributed by atoms with E-state index in [4.69, 9.17) is 0 Å². The summed E-state index contributed by atoms with van der Waals surface area (Å²) >= 11 is 4.44. The van der Waals surface area contributed by atoms with Crippen LogP contribution < -0.4 is 0 Å². The van der Waals surface area contributed by atoms with Crippen molar-refractivity contribution in [1.82, 2.24) is 9.55 Å². The van der Waals surface area contributed by atoms with E-state index in [1.807, 2.05) is 12.4 Å². The number of hydrogen-bond acceptors (Lipinski definition) is 2. The molecule has 1 aromatic heterocycles. The SMILES string of the molecule is SCC1(Cn2cnc3ccccc32)CC1. The summed E-state index contributed by atoms with van der Waals surface area (Å²) in [5.41, 5.74) is 2.78. The fraction of sp³-hybridized carbons (Fsp3) is 0.417. The smallest absolute Gasteiger partial charge is 0.0958 e. The average Bonchev–Trinajstić information content (AvgIpc) is 2.95. The molecule has 0 spiro atoms. The van der Waals surface area contributed by atoms with Gasteiger partial charge in [-0.3, -0.25) is 0 Å². The minimum absolute atomic E-state index is 0.451. The van der Waals surface area contributed by atoms with Crippen LogP contribution in [0, 0.1) is 5.41 Å². The summed E-state index contributed by atoms with van der Waals surface area (Å²) in [6, 6.07) is 8.30. The van der Waals surface area contributed by atoms with Crippen LogP contribution in [0.5, 0.6) is 0 Å². The number of hydrogen-bond donors (Lipinski definition) is 1. The summed E-state index contributed by atoms with van der Waals surface area (Å²) in [6.07, 6.45) is 4.57. The lowest BCUT2D eigenvalue weighted by atomic mass is 10.1. The molecule has 0 N–H and O–H groups in total. The molecule has 0 atom stereocenters. The largest absolute Gasteiger partial charge is 0.330 e. The predicted octanol–water partition coefficient (Wildman–Crippen LogP) is 2.75. The Hall–Kier alpha value is -0.960. The van der Waals surface area contributed by atoms with Gasteiger partial charge in [-0.05, 0) is 36.1 Å². The van der Waals surface area contributed by atoms with Crippen molar-refractivity contribution in [3.05, 3.63) is 30.6 Å². The molecule has 78 valence electrons. The highest BCUT2D eigenvalue weighted by Gasteiger charge is 2.41. The monoisotopic (exact) mass is 218 g/mol. The summed E-state index contributed by atoms with van der Waals surface area (Å²) in [6.45, 7) is 1.07. The first-order chi connectivity index (χ1) is 7.33. The van der Waals surface area contributed by atoms with Gasteiger partial charge >= 0.3 is 0 Å². The highest BCUT2D eigenvalue weighted by molar-refractivity contribution is 7.80. The van der Waals surface area contributed by atoms with E-state index < -0.39 is 0 Å². The molecule has 2 nitrogen and oxygen atoms in total. The first kappa shape index (κ1) is 9.28. The average molecular weight is 218 g/mol. The molecule has 15 heavy (non-hydrogen) atoms. The maximum atomic E-state index is 4.44. The van der Waals surface area contributed by atoms with Crippen molar-refractivity contribution in [3.63, 3.8) is 0 Å². The van der Waals surface area contributed by atoms with E-state index in [9.17, 15) is 0 Å². The van der Waals surface area contributed by atoms with Gasteiger partial charge in [0.05, 0.1) is 17.4 Å². The third kappa shape index (κ3) is 1.55. The first-order valence-electron chi connectivity index (χ1n) is 5.34. The lowest BCUT2D eigenvalue weighted by molar-refractivity contribution is 0.482. The third-order valence-corrected chi connectivity index (χ3v) is 4.00. The van der Waals surface area contributed by atoms with E-state index in [1.165, 1.54) is 18.4 Å². The zero-order chi connectivity index (χ0) is 10.3. The van der Waals surface area contributed by atoms with Crippen LogP contribution >= 0.6 is 12.6 Å². The Morgan fingerprint density at radius 2 is 2.13 bits per heavy atom. The Morgan fingerprint density at radius 1 is 1.33 bits per heavy atom. The van der Waals surface area contributed by atoms with Crippen LogP contribution in [0.3, 0.4) is 0 Å². The van der Waals surface area contributed by atoms with Crippen molar-refractivity contribution >= 4 is 23.7 Å². The van der Waals surface area contributed by atoms with Gasteiger partial charge in [0.1, 0.15) is 0 Å². The molecule has 0 aliphatic heterocycles. The quantitative estimate of drug-likeness (QED) is 0.784. The molecular formula is C12H14N2S. The minimum atomic E-state index is 0.451. The number of aromatic nitrogens is 2. The van der Waals surface area contributed by atoms with Crippen molar-refractivity contribution in [2.24, 2.45) is 5.41 Å². The normalized spacial score (nSPS) is 18.2. The van der Waals surface area contributed by atoms with Crippen molar-refractivity contribution < 1.29 is 0 Å². The Morgan fingerprint density at radius 3 is 2.87 bits per heavy atom. The minimum Gasteiger partial charge on any atom is -0.330 e. The van der Waals surface area contributed by atoms with Crippen LogP contribution in [0.2, 0.25) is 0 Å². The van der Waals surface area contributed by atoms with Crippen LogP contribution in [0.15, 0.2) is 30.6 Å². The van der Waals surface area contributed by atoms with Crippen LogP contribution in [0.4, 0.5) is 0 Å². The predicted molar refractivity (Wildman–Crippen MR) is 65.3 cm³/mol. The van der Waals surface area contributed by atoms with Gasteiger partial charge in [0.25, 0.3) is 0 Å². The van der Waals surface area contributed by atoms with Crippen molar-refractivity contribution in [2.75, 3.05) is 5.75 Å². The lowest BCUT2D eigenvalue weighted by Crippen LogP contribution is -2.12. The molecule has 0 amide bonds. The van der Waals surface area contributed by atoms with E-state index in [0.717, 1.165) is 17.8 Å². The van der Waals surface area contributed by atoms with Gasteiger partial charge in [0, 0.05) is 6.54 Å².